The molecular weight excluding hydrogens is 332 g/mol. The van der Waals surface area contributed by atoms with E-state index in [0.717, 1.165) is 20.7 Å². The molecule has 1 heterocycles. The summed E-state index contributed by atoms with van der Waals surface area (Å²) in [6.07, 6.45) is 4.21. The van der Waals surface area contributed by atoms with Crippen molar-refractivity contribution in [1.82, 2.24) is 4.98 Å². The van der Waals surface area contributed by atoms with Gasteiger partial charge in [0.15, 0.2) is 0 Å². The van der Waals surface area contributed by atoms with E-state index < -0.39 is 0 Å². The highest BCUT2D eigenvalue weighted by molar-refractivity contribution is 9.11. The van der Waals surface area contributed by atoms with Crippen molar-refractivity contribution in [2.24, 2.45) is 5.92 Å². The predicted molar refractivity (Wildman–Crippen MR) is 76.8 cm³/mol. The first-order valence-electron chi connectivity index (χ1n) is 5.56. The van der Waals surface area contributed by atoms with Gasteiger partial charge in [0.25, 0.3) is 0 Å². The zero-order chi connectivity index (χ0) is 12.1. The van der Waals surface area contributed by atoms with Crippen LogP contribution < -0.4 is 5.32 Å². The number of aromatic nitrogens is 1. The molecule has 16 heavy (non-hydrogen) atoms. The predicted octanol–water partition coefficient (Wildman–Crippen LogP) is 4.84. The average Bonchev–Trinajstić information content (AvgIpc) is 2.19. The highest BCUT2D eigenvalue weighted by Crippen LogP contribution is 2.24. The number of rotatable bonds is 5. The summed E-state index contributed by atoms with van der Waals surface area (Å²) < 4.78 is 1.98. The minimum absolute atomic E-state index is 0.451. The largest absolute Gasteiger partial charge is 0.367 e. The van der Waals surface area contributed by atoms with Crippen molar-refractivity contribution in [3.8, 4) is 0 Å². The first-order chi connectivity index (χ1) is 7.49. The van der Waals surface area contributed by atoms with E-state index in [1.54, 1.807) is 0 Å². The Bertz CT molecular complexity index is 340. The summed E-state index contributed by atoms with van der Waals surface area (Å²) in [5, 5.41) is 3.41. The third kappa shape index (κ3) is 4.83. The molecule has 0 aromatic carbocycles. The summed E-state index contributed by atoms with van der Waals surface area (Å²) >= 11 is 6.89. The van der Waals surface area contributed by atoms with Gasteiger partial charge in [-0.25, -0.2) is 4.98 Å². The van der Waals surface area contributed by atoms with Gasteiger partial charge < -0.3 is 5.32 Å². The molecular formula is C12H18Br2N2. The van der Waals surface area contributed by atoms with Crippen LogP contribution in [0.5, 0.6) is 0 Å². The van der Waals surface area contributed by atoms with Crippen LogP contribution in [0.1, 0.15) is 33.6 Å². The molecule has 90 valence electrons. The summed E-state index contributed by atoms with van der Waals surface area (Å²) in [7, 11) is 0. The summed E-state index contributed by atoms with van der Waals surface area (Å²) in [4.78, 5) is 4.34. The van der Waals surface area contributed by atoms with E-state index in [-0.39, 0.29) is 0 Å². The molecule has 0 aliphatic carbocycles. The molecule has 0 amide bonds. The Kier molecular flexibility index (Phi) is 5.76. The number of halogens is 2. The highest BCUT2D eigenvalue weighted by Gasteiger charge is 2.07. The van der Waals surface area contributed by atoms with Gasteiger partial charge in [0.1, 0.15) is 5.82 Å². The van der Waals surface area contributed by atoms with Crippen molar-refractivity contribution in [3.05, 3.63) is 21.2 Å². The number of anilines is 1. The van der Waals surface area contributed by atoms with Crippen LogP contribution in [0.15, 0.2) is 21.2 Å². The fourth-order valence-corrected chi connectivity index (χ4v) is 2.51. The first kappa shape index (κ1) is 14.0. The SMILES string of the molecule is CC(C)CCC(C)Nc1ncc(Br)cc1Br. The molecule has 1 aromatic heterocycles. The second-order valence-electron chi connectivity index (χ2n) is 4.50. The molecule has 0 saturated heterocycles. The van der Waals surface area contributed by atoms with E-state index in [9.17, 15) is 0 Å². The van der Waals surface area contributed by atoms with Crippen LogP contribution in [0.3, 0.4) is 0 Å². The minimum atomic E-state index is 0.451. The van der Waals surface area contributed by atoms with Crippen LogP contribution in [0.25, 0.3) is 0 Å². The fourth-order valence-electron chi connectivity index (χ4n) is 1.41. The van der Waals surface area contributed by atoms with Crippen LogP contribution in [-0.2, 0) is 0 Å². The van der Waals surface area contributed by atoms with Crippen molar-refractivity contribution in [3.63, 3.8) is 0 Å². The Labute approximate surface area is 114 Å². The van der Waals surface area contributed by atoms with Crippen LogP contribution in [0, 0.1) is 5.92 Å². The van der Waals surface area contributed by atoms with E-state index in [1.807, 2.05) is 12.3 Å². The molecule has 0 aliphatic heterocycles. The lowest BCUT2D eigenvalue weighted by Gasteiger charge is -2.16. The van der Waals surface area contributed by atoms with Gasteiger partial charge in [0.05, 0.1) is 4.47 Å². The van der Waals surface area contributed by atoms with Crippen molar-refractivity contribution >= 4 is 37.7 Å². The van der Waals surface area contributed by atoms with E-state index in [2.05, 4.69) is 62.9 Å². The molecule has 0 radical (unpaired) electrons. The fraction of sp³-hybridized carbons (Fsp3) is 0.583. The van der Waals surface area contributed by atoms with Gasteiger partial charge in [0.2, 0.25) is 0 Å². The zero-order valence-corrected chi connectivity index (χ0v) is 13.1. The normalized spacial score (nSPS) is 12.9. The molecule has 1 N–H and O–H groups in total. The molecule has 1 aromatic rings. The first-order valence-corrected chi connectivity index (χ1v) is 7.15. The second kappa shape index (κ2) is 6.60. The van der Waals surface area contributed by atoms with E-state index in [1.165, 1.54) is 12.8 Å². The summed E-state index contributed by atoms with van der Waals surface area (Å²) in [5.74, 6) is 1.67. The molecule has 0 spiro atoms. The topological polar surface area (TPSA) is 24.9 Å². The number of hydrogen-bond acceptors (Lipinski definition) is 2. The number of nitrogens with zero attached hydrogens (tertiary/aromatic N) is 1. The molecule has 0 bridgehead atoms. The van der Waals surface area contributed by atoms with E-state index in [0.29, 0.717) is 6.04 Å². The molecule has 4 heteroatoms. The van der Waals surface area contributed by atoms with Gasteiger partial charge in [-0.3, -0.25) is 0 Å². The van der Waals surface area contributed by atoms with E-state index >= 15 is 0 Å². The van der Waals surface area contributed by atoms with Crippen LogP contribution in [0.2, 0.25) is 0 Å². The molecule has 1 rings (SSSR count). The zero-order valence-electron chi connectivity index (χ0n) is 9.93. The van der Waals surface area contributed by atoms with Gasteiger partial charge >= 0.3 is 0 Å². The standard InChI is InChI=1S/C12H18Br2N2/c1-8(2)4-5-9(3)16-12-11(14)6-10(13)7-15-12/h6-9H,4-5H2,1-3H3,(H,15,16). The lowest BCUT2D eigenvalue weighted by molar-refractivity contribution is 0.527. The van der Waals surface area contributed by atoms with Gasteiger partial charge in [-0.1, -0.05) is 13.8 Å². The third-order valence-electron chi connectivity index (χ3n) is 2.37. The third-order valence-corrected chi connectivity index (χ3v) is 3.41. The van der Waals surface area contributed by atoms with Gasteiger partial charge in [0, 0.05) is 16.7 Å². The summed E-state index contributed by atoms with van der Waals surface area (Å²) in [6, 6.07) is 2.46. The van der Waals surface area contributed by atoms with Crippen molar-refractivity contribution in [2.75, 3.05) is 5.32 Å². The monoisotopic (exact) mass is 348 g/mol. The minimum Gasteiger partial charge on any atom is -0.367 e. The maximum Gasteiger partial charge on any atom is 0.140 e. The smallest absolute Gasteiger partial charge is 0.140 e. The molecule has 0 saturated carbocycles. The number of hydrogen-bond donors (Lipinski definition) is 1. The van der Waals surface area contributed by atoms with Crippen LogP contribution in [-0.4, -0.2) is 11.0 Å². The van der Waals surface area contributed by atoms with Gasteiger partial charge in [-0.15, -0.1) is 0 Å². The lowest BCUT2D eigenvalue weighted by Crippen LogP contribution is -2.17. The molecule has 1 unspecified atom stereocenters. The lowest BCUT2D eigenvalue weighted by atomic mass is 10.0. The highest BCUT2D eigenvalue weighted by atomic mass is 79.9. The Morgan fingerprint density at radius 1 is 1.25 bits per heavy atom. The number of nitrogens with one attached hydrogen (secondary N) is 1. The van der Waals surface area contributed by atoms with Crippen LogP contribution in [0.4, 0.5) is 5.82 Å². The van der Waals surface area contributed by atoms with Crippen molar-refractivity contribution < 1.29 is 0 Å². The second-order valence-corrected chi connectivity index (χ2v) is 6.27. The van der Waals surface area contributed by atoms with Gasteiger partial charge in [-0.2, -0.15) is 0 Å². The quantitative estimate of drug-likeness (QED) is 0.822. The Morgan fingerprint density at radius 2 is 1.94 bits per heavy atom. The molecule has 0 fully saturated rings. The number of pyridine rings is 1. The maximum absolute atomic E-state index is 4.34. The average molecular weight is 350 g/mol. The van der Waals surface area contributed by atoms with Crippen molar-refractivity contribution in [1.29, 1.82) is 0 Å². The Morgan fingerprint density at radius 3 is 2.50 bits per heavy atom. The summed E-state index contributed by atoms with van der Waals surface area (Å²) in [6.45, 7) is 6.69. The summed E-state index contributed by atoms with van der Waals surface area (Å²) in [5.41, 5.74) is 0. The molecule has 2 nitrogen and oxygen atoms in total. The van der Waals surface area contributed by atoms with Gasteiger partial charge in [-0.05, 0) is 63.6 Å². The molecule has 1 atom stereocenters. The maximum atomic E-state index is 4.34. The van der Waals surface area contributed by atoms with E-state index in [4.69, 9.17) is 0 Å². The van der Waals surface area contributed by atoms with Crippen molar-refractivity contribution in [2.45, 2.75) is 39.7 Å². The van der Waals surface area contributed by atoms with Crippen LogP contribution >= 0.6 is 31.9 Å². The Balaban J connectivity index is 2.52. The molecule has 0 aliphatic rings. The Hall–Kier alpha value is -0.0900.